The zero-order chi connectivity index (χ0) is 15.4. The van der Waals surface area contributed by atoms with Crippen LogP contribution >= 0.6 is 0 Å². The van der Waals surface area contributed by atoms with Crippen molar-refractivity contribution in [3.63, 3.8) is 0 Å². The van der Waals surface area contributed by atoms with Gasteiger partial charge in [-0.1, -0.05) is 6.07 Å². The van der Waals surface area contributed by atoms with Crippen LogP contribution in [-0.2, 0) is 9.53 Å². The molecule has 21 heavy (non-hydrogen) atoms. The van der Waals surface area contributed by atoms with Gasteiger partial charge in [0.25, 0.3) is 0 Å². The molecule has 0 radical (unpaired) electrons. The van der Waals surface area contributed by atoms with Crippen molar-refractivity contribution in [2.45, 2.75) is 38.3 Å². The Labute approximate surface area is 125 Å². The second-order valence-electron chi connectivity index (χ2n) is 5.58. The van der Waals surface area contributed by atoms with E-state index in [4.69, 9.17) is 10.5 Å². The van der Waals surface area contributed by atoms with Crippen LogP contribution in [0.2, 0.25) is 0 Å². The fraction of sp³-hybridized carbons (Fsp3) is 0.562. The van der Waals surface area contributed by atoms with Gasteiger partial charge in [-0.3, -0.25) is 4.79 Å². The summed E-state index contributed by atoms with van der Waals surface area (Å²) >= 11 is 0. The minimum Gasteiger partial charge on any atom is -0.383 e. The molecule has 1 heterocycles. The number of rotatable bonds is 4. The Morgan fingerprint density at radius 3 is 2.95 bits per heavy atom. The summed E-state index contributed by atoms with van der Waals surface area (Å²) in [5.41, 5.74) is 8.05. The second-order valence-corrected chi connectivity index (χ2v) is 5.58. The van der Waals surface area contributed by atoms with Gasteiger partial charge in [0.05, 0.1) is 12.6 Å². The van der Waals surface area contributed by atoms with Crippen molar-refractivity contribution in [2.75, 3.05) is 20.3 Å². The van der Waals surface area contributed by atoms with Crippen molar-refractivity contribution in [3.8, 4) is 0 Å². The number of carbonyl (C=O) groups is 1. The Hall–Kier alpha value is -1.46. The van der Waals surface area contributed by atoms with Gasteiger partial charge < -0.3 is 15.4 Å². The third-order valence-electron chi connectivity index (χ3n) is 4.09. The molecule has 1 aromatic carbocycles. The molecule has 2 atom stereocenters. The smallest absolute Gasteiger partial charge is 0.223 e. The normalized spacial score (nSPS) is 23.2. The highest BCUT2D eigenvalue weighted by molar-refractivity contribution is 5.77. The second kappa shape index (κ2) is 7.00. The number of methoxy groups -OCH3 is 1. The highest BCUT2D eigenvalue weighted by atomic mass is 19.1. The van der Waals surface area contributed by atoms with E-state index in [1.54, 1.807) is 18.1 Å². The summed E-state index contributed by atoms with van der Waals surface area (Å²) < 4.78 is 18.7. The average Bonchev–Trinajstić information content (AvgIpc) is 2.58. The molecule has 1 saturated heterocycles. The first-order valence-electron chi connectivity index (χ1n) is 7.34. The molecule has 1 fully saturated rings. The molecule has 116 valence electrons. The standard InChI is InChI=1S/C16H23FN2O2/c1-11-6-7-12(17)10-13(11)16-14(18)4-3-5-15(20)19(16)8-9-21-2/h6-7,10,14,16H,3-5,8-9,18H2,1-2H3. The van der Waals surface area contributed by atoms with Gasteiger partial charge in [0.2, 0.25) is 5.91 Å². The average molecular weight is 294 g/mol. The van der Waals surface area contributed by atoms with Crippen LogP contribution in [0, 0.1) is 12.7 Å². The van der Waals surface area contributed by atoms with Gasteiger partial charge in [0, 0.05) is 26.1 Å². The van der Waals surface area contributed by atoms with Crippen LogP contribution in [0.4, 0.5) is 4.39 Å². The summed E-state index contributed by atoms with van der Waals surface area (Å²) in [6.07, 6.45) is 2.02. The zero-order valence-electron chi connectivity index (χ0n) is 12.6. The SMILES string of the molecule is COCCN1C(=O)CCCC(N)C1c1cc(F)ccc1C. The van der Waals surface area contributed by atoms with Crippen LogP contribution in [0.3, 0.4) is 0 Å². The van der Waals surface area contributed by atoms with Gasteiger partial charge in [-0.2, -0.15) is 0 Å². The molecule has 0 bridgehead atoms. The zero-order valence-corrected chi connectivity index (χ0v) is 12.6. The minimum atomic E-state index is -0.300. The summed E-state index contributed by atoms with van der Waals surface area (Å²) in [6.45, 7) is 2.85. The maximum Gasteiger partial charge on any atom is 0.223 e. The summed E-state index contributed by atoms with van der Waals surface area (Å²) in [5, 5.41) is 0. The summed E-state index contributed by atoms with van der Waals surface area (Å²) in [4.78, 5) is 14.1. The van der Waals surface area contributed by atoms with E-state index >= 15 is 0 Å². The Morgan fingerprint density at radius 1 is 1.48 bits per heavy atom. The lowest BCUT2D eigenvalue weighted by Gasteiger charge is -2.34. The summed E-state index contributed by atoms with van der Waals surface area (Å²) in [6, 6.07) is 4.20. The molecule has 1 amide bonds. The predicted molar refractivity (Wildman–Crippen MR) is 79.3 cm³/mol. The molecular formula is C16H23FN2O2. The topological polar surface area (TPSA) is 55.6 Å². The largest absolute Gasteiger partial charge is 0.383 e. The van der Waals surface area contributed by atoms with Gasteiger partial charge in [-0.15, -0.1) is 0 Å². The van der Waals surface area contributed by atoms with Crippen molar-refractivity contribution in [3.05, 3.63) is 35.1 Å². The van der Waals surface area contributed by atoms with Crippen LogP contribution in [-0.4, -0.2) is 37.1 Å². The molecule has 1 aromatic rings. The maximum absolute atomic E-state index is 13.6. The number of ether oxygens (including phenoxy) is 1. The monoisotopic (exact) mass is 294 g/mol. The molecule has 1 aliphatic rings. The van der Waals surface area contributed by atoms with Crippen LogP contribution < -0.4 is 5.73 Å². The number of likely N-dealkylation sites (tertiary alicyclic amines) is 1. The van der Waals surface area contributed by atoms with Gasteiger partial charge in [0.1, 0.15) is 5.82 Å². The van der Waals surface area contributed by atoms with Crippen molar-refractivity contribution in [2.24, 2.45) is 5.73 Å². The highest BCUT2D eigenvalue weighted by Gasteiger charge is 2.33. The van der Waals surface area contributed by atoms with E-state index in [1.807, 2.05) is 6.92 Å². The number of nitrogens with two attached hydrogens (primary N) is 1. The lowest BCUT2D eigenvalue weighted by atomic mass is 9.93. The first-order chi connectivity index (χ1) is 10.0. The fourth-order valence-electron chi connectivity index (χ4n) is 2.96. The Balaban J connectivity index is 2.41. The Kier molecular flexibility index (Phi) is 5.31. The van der Waals surface area contributed by atoms with E-state index in [0.29, 0.717) is 19.6 Å². The van der Waals surface area contributed by atoms with E-state index < -0.39 is 0 Å². The van der Waals surface area contributed by atoms with E-state index in [1.165, 1.54) is 12.1 Å². The lowest BCUT2D eigenvalue weighted by molar-refractivity contribution is -0.134. The molecule has 1 aliphatic heterocycles. The Bertz CT molecular complexity index is 507. The highest BCUT2D eigenvalue weighted by Crippen LogP contribution is 2.32. The quantitative estimate of drug-likeness (QED) is 0.926. The van der Waals surface area contributed by atoms with Gasteiger partial charge in [-0.25, -0.2) is 4.39 Å². The van der Waals surface area contributed by atoms with E-state index in [0.717, 1.165) is 24.0 Å². The van der Waals surface area contributed by atoms with Gasteiger partial charge in [0.15, 0.2) is 0 Å². The first-order valence-corrected chi connectivity index (χ1v) is 7.34. The van der Waals surface area contributed by atoms with Crippen LogP contribution in [0.25, 0.3) is 0 Å². The molecular weight excluding hydrogens is 271 g/mol. The molecule has 4 nitrogen and oxygen atoms in total. The molecule has 0 aliphatic carbocycles. The first kappa shape index (κ1) is 15.9. The van der Waals surface area contributed by atoms with Crippen molar-refractivity contribution < 1.29 is 13.9 Å². The predicted octanol–water partition coefficient (Wildman–Crippen LogP) is 2.16. The fourth-order valence-corrected chi connectivity index (χ4v) is 2.96. The third kappa shape index (κ3) is 3.60. The van der Waals surface area contributed by atoms with Crippen molar-refractivity contribution in [1.82, 2.24) is 4.90 Å². The number of hydrogen-bond acceptors (Lipinski definition) is 3. The van der Waals surface area contributed by atoms with Crippen LogP contribution in [0.5, 0.6) is 0 Å². The number of nitrogens with zero attached hydrogens (tertiary/aromatic N) is 1. The van der Waals surface area contributed by atoms with Gasteiger partial charge >= 0.3 is 0 Å². The molecule has 2 rings (SSSR count). The third-order valence-corrected chi connectivity index (χ3v) is 4.09. The van der Waals surface area contributed by atoms with Crippen LogP contribution in [0.15, 0.2) is 18.2 Å². The molecule has 0 aromatic heterocycles. The molecule has 0 spiro atoms. The number of aryl methyl sites for hydroxylation is 1. The number of carbonyl (C=O) groups excluding carboxylic acids is 1. The maximum atomic E-state index is 13.6. The van der Waals surface area contributed by atoms with Crippen molar-refractivity contribution in [1.29, 1.82) is 0 Å². The summed E-state index contributed by atoms with van der Waals surface area (Å²) in [5.74, 6) is -0.236. The minimum absolute atomic E-state index is 0.0636. The van der Waals surface area contributed by atoms with Crippen molar-refractivity contribution >= 4 is 5.91 Å². The molecule has 2 N–H and O–H groups in total. The van der Waals surface area contributed by atoms with Gasteiger partial charge in [-0.05, 0) is 43.0 Å². The lowest BCUT2D eigenvalue weighted by Crippen LogP contribution is -2.44. The van der Waals surface area contributed by atoms with E-state index in [2.05, 4.69) is 0 Å². The number of benzene rings is 1. The molecule has 5 heteroatoms. The Morgan fingerprint density at radius 2 is 2.24 bits per heavy atom. The summed E-state index contributed by atoms with van der Waals surface area (Å²) in [7, 11) is 1.60. The molecule has 0 saturated carbocycles. The number of hydrogen-bond donors (Lipinski definition) is 1. The number of amides is 1. The van der Waals surface area contributed by atoms with E-state index in [9.17, 15) is 9.18 Å². The molecule has 2 unspecified atom stereocenters. The number of halogens is 1. The van der Waals surface area contributed by atoms with Crippen LogP contribution in [0.1, 0.15) is 36.4 Å². The van der Waals surface area contributed by atoms with E-state index in [-0.39, 0.29) is 23.8 Å².